The highest BCUT2D eigenvalue weighted by molar-refractivity contribution is 7.40. The number of hydrogen-bond acceptors (Lipinski definition) is 2. The van der Waals surface area contributed by atoms with Crippen LogP contribution in [0.4, 0.5) is 0 Å². The summed E-state index contributed by atoms with van der Waals surface area (Å²) in [7, 11) is 4.60. The zero-order valence-electron chi connectivity index (χ0n) is 10.1. The molecule has 0 amide bonds. The summed E-state index contributed by atoms with van der Waals surface area (Å²) in [5.74, 6) is 0. The summed E-state index contributed by atoms with van der Waals surface area (Å²) >= 11 is 0. The molecule has 0 aromatic rings. The SMILES string of the molecule is C1CPCNCPCCCPCNCPC1. The first-order chi connectivity index (χ1) is 8.00. The van der Waals surface area contributed by atoms with Crippen LogP contribution in [0.2, 0.25) is 0 Å². The molecule has 0 bridgehead atoms. The molecule has 4 unspecified atom stereocenters. The lowest BCUT2D eigenvalue weighted by Gasteiger charge is -2.08. The molecule has 6 heteroatoms. The first-order valence-electron chi connectivity index (χ1n) is 6.24. The van der Waals surface area contributed by atoms with Crippen LogP contribution < -0.4 is 10.6 Å². The third-order valence-electron chi connectivity index (χ3n) is 2.41. The van der Waals surface area contributed by atoms with Crippen LogP contribution in [0.5, 0.6) is 0 Å². The highest BCUT2D eigenvalue weighted by Crippen LogP contribution is 2.19. The summed E-state index contributed by atoms with van der Waals surface area (Å²) in [6.07, 6.45) is 13.8. The van der Waals surface area contributed by atoms with Crippen LogP contribution in [-0.4, -0.2) is 49.8 Å². The summed E-state index contributed by atoms with van der Waals surface area (Å²) in [5, 5.41) is 7.17. The Morgan fingerprint density at radius 2 is 0.812 bits per heavy atom. The first-order valence-corrected chi connectivity index (χ1v) is 11.9. The van der Waals surface area contributed by atoms with Crippen LogP contribution in [0.15, 0.2) is 0 Å². The quantitative estimate of drug-likeness (QED) is 0.672. The maximum absolute atomic E-state index is 3.58. The van der Waals surface area contributed by atoms with Crippen LogP contribution in [0.25, 0.3) is 0 Å². The van der Waals surface area contributed by atoms with E-state index in [1.54, 1.807) is 0 Å². The van der Waals surface area contributed by atoms with E-state index in [0.29, 0.717) is 0 Å². The van der Waals surface area contributed by atoms with Crippen molar-refractivity contribution < 1.29 is 0 Å². The predicted molar refractivity (Wildman–Crippen MR) is 87.7 cm³/mol. The van der Waals surface area contributed by atoms with Gasteiger partial charge in [0.25, 0.3) is 0 Å². The van der Waals surface area contributed by atoms with E-state index in [1.807, 2.05) is 0 Å². The molecule has 0 aromatic carbocycles. The molecule has 96 valence electrons. The molecule has 4 atom stereocenters. The minimum atomic E-state index is 1.15. The lowest BCUT2D eigenvalue weighted by atomic mass is 10.6. The van der Waals surface area contributed by atoms with Crippen LogP contribution in [-0.2, 0) is 0 Å². The second-order valence-electron chi connectivity index (χ2n) is 3.91. The molecule has 2 nitrogen and oxygen atoms in total. The molecule has 1 heterocycles. The van der Waals surface area contributed by atoms with Gasteiger partial charge in [0.2, 0.25) is 0 Å². The van der Waals surface area contributed by atoms with Gasteiger partial charge in [0.15, 0.2) is 0 Å². The monoisotopic (exact) mass is 298 g/mol. The van der Waals surface area contributed by atoms with E-state index in [2.05, 4.69) is 10.6 Å². The summed E-state index contributed by atoms with van der Waals surface area (Å²) in [6, 6.07) is 0. The van der Waals surface area contributed by atoms with Gasteiger partial charge in [0.1, 0.15) is 0 Å². The summed E-state index contributed by atoms with van der Waals surface area (Å²) in [4.78, 5) is 0. The summed E-state index contributed by atoms with van der Waals surface area (Å²) in [5.41, 5.74) is 0. The van der Waals surface area contributed by atoms with Crippen LogP contribution in [0, 0.1) is 0 Å². The van der Waals surface area contributed by atoms with E-state index < -0.39 is 0 Å². The lowest BCUT2D eigenvalue weighted by Crippen LogP contribution is -2.12. The number of nitrogens with one attached hydrogen (secondary N) is 2. The maximum Gasteiger partial charge on any atom is 0.0130 e. The van der Waals surface area contributed by atoms with Crippen molar-refractivity contribution in [3.05, 3.63) is 0 Å². The third kappa shape index (κ3) is 10.8. The molecule has 0 radical (unpaired) electrons. The fraction of sp³-hybridized carbons (Fsp3) is 1.00. The van der Waals surface area contributed by atoms with Crippen LogP contribution >= 0.6 is 34.3 Å². The van der Waals surface area contributed by atoms with Crippen molar-refractivity contribution in [1.29, 1.82) is 0 Å². The fourth-order valence-corrected chi connectivity index (χ4v) is 6.34. The molecular weight excluding hydrogens is 272 g/mol. The highest BCUT2D eigenvalue weighted by Gasteiger charge is 1.94. The molecule has 16 heavy (non-hydrogen) atoms. The molecule has 1 aliphatic heterocycles. The molecule has 0 aromatic heterocycles. The lowest BCUT2D eigenvalue weighted by molar-refractivity contribution is 0.921. The Bertz CT molecular complexity index is 84.8. The molecule has 0 spiro atoms. The second kappa shape index (κ2) is 13.1. The smallest absolute Gasteiger partial charge is 0.0130 e. The van der Waals surface area contributed by atoms with Gasteiger partial charge in [0.05, 0.1) is 0 Å². The average molecular weight is 298 g/mol. The fourth-order valence-electron chi connectivity index (χ4n) is 1.51. The molecule has 2 N–H and O–H groups in total. The molecule has 1 aliphatic rings. The van der Waals surface area contributed by atoms with Gasteiger partial charge in [-0.15, -0.1) is 34.3 Å². The van der Waals surface area contributed by atoms with Crippen molar-refractivity contribution in [3.63, 3.8) is 0 Å². The van der Waals surface area contributed by atoms with Crippen molar-refractivity contribution in [3.8, 4) is 0 Å². The van der Waals surface area contributed by atoms with E-state index in [9.17, 15) is 0 Å². The molecule has 0 saturated carbocycles. The maximum atomic E-state index is 3.58. The Kier molecular flexibility index (Phi) is 12.8. The van der Waals surface area contributed by atoms with Gasteiger partial charge in [-0.3, -0.25) is 0 Å². The normalized spacial score (nSPS) is 30.0. The van der Waals surface area contributed by atoms with E-state index in [0.717, 1.165) is 34.3 Å². The largest absolute Gasteiger partial charge is 0.309 e. The number of hydrogen-bond donors (Lipinski definition) is 2. The zero-order chi connectivity index (χ0) is 11.3. The van der Waals surface area contributed by atoms with Crippen molar-refractivity contribution in [1.82, 2.24) is 10.6 Å². The Morgan fingerprint density at radius 3 is 1.12 bits per heavy atom. The number of rotatable bonds is 0. The molecule has 1 rings (SSSR count). The van der Waals surface area contributed by atoms with Crippen molar-refractivity contribution in [2.75, 3.05) is 49.8 Å². The standard InChI is InChI=1S/C10H26N2P4/c1-3-13-7-11-9-15-5-2-6-16-10-12-8-14-4-1/h11-16H,1-10H2. The minimum Gasteiger partial charge on any atom is -0.309 e. The molecule has 0 aliphatic carbocycles. The van der Waals surface area contributed by atoms with Gasteiger partial charge in [-0.25, -0.2) is 0 Å². The molecular formula is C10H26N2P4. The van der Waals surface area contributed by atoms with E-state index >= 15 is 0 Å². The van der Waals surface area contributed by atoms with Crippen molar-refractivity contribution >= 4 is 34.3 Å². The predicted octanol–water partition coefficient (Wildman–Crippen LogP) is 2.50. The van der Waals surface area contributed by atoms with E-state index in [-0.39, 0.29) is 0 Å². The van der Waals surface area contributed by atoms with Crippen molar-refractivity contribution in [2.45, 2.75) is 12.8 Å². The summed E-state index contributed by atoms with van der Waals surface area (Å²) < 4.78 is 0. The topological polar surface area (TPSA) is 24.1 Å². The van der Waals surface area contributed by atoms with Crippen LogP contribution in [0.1, 0.15) is 12.8 Å². The summed E-state index contributed by atoms with van der Waals surface area (Å²) in [6.45, 7) is 0. The van der Waals surface area contributed by atoms with Gasteiger partial charge in [-0.2, -0.15) is 0 Å². The Hall–Kier alpha value is 1.64. The van der Waals surface area contributed by atoms with E-state index in [4.69, 9.17) is 0 Å². The molecule has 1 saturated heterocycles. The van der Waals surface area contributed by atoms with Gasteiger partial charge in [0, 0.05) is 25.1 Å². The molecule has 1 fully saturated rings. The van der Waals surface area contributed by atoms with Gasteiger partial charge in [-0.1, -0.05) is 0 Å². The average Bonchev–Trinajstić information content (AvgIpc) is 2.29. The second-order valence-corrected chi connectivity index (χ2v) is 9.33. The van der Waals surface area contributed by atoms with Crippen LogP contribution in [0.3, 0.4) is 0 Å². The van der Waals surface area contributed by atoms with Gasteiger partial charge in [-0.05, 0) is 37.5 Å². The Balaban J connectivity index is 2.00. The zero-order valence-corrected chi connectivity index (χ0v) is 14.1. The van der Waals surface area contributed by atoms with Gasteiger partial charge < -0.3 is 10.6 Å². The Morgan fingerprint density at radius 1 is 0.500 bits per heavy atom. The Labute approximate surface area is 108 Å². The minimum absolute atomic E-state index is 1.15. The van der Waals surface area contributed by atoms with E-state index in [1.165, 1.54) is 62.6 Å². The third-order valence-corrected chi connectivity index (χ3v) is 7.24. The highest BCUT2D eigenvalue weighted by atomic mass is 31.1. The van der Waals surface area contributed by atoms with Crippen molar-refractivity contribution in [2.24, 2.45) is 0 Å². The first kappa shape index (κ1) is 15.7. The van der Waals surface area contributed by atoms with Gasteiger partial charge >= 0.3 is 0 Å².